The molecule has 6 nitrogen and oxygen atoms in total. The summed E-state index contributed by atoms with van der Waals surface area (Å²) >= 11 is 0. The molecule has 0 aliphatic carbocycles. The first-order chi connectivity index (χ1) is 14.5. The summed E-state index contributed by atoms with van der Waals surface area (Å²) in [7, 11) is -3.23. The maximum absolute atomic E-state index is 12.6. The van der Waals surface area contributed by atoms with Gasteiger partial charge in [-0.2, -0.15) is 0 Å². The van der Waals surface area contributed by atoms with E-state index in [1.165, 1.54) is 0 Å². The van der Waals surface area contributed by atoms with Gasteiger partial charge in [-0.25, -0.2) is 8.42 Å². The van der Waals surface area contributed by atoms with E-state index in [0.717, 1.165) is 28.9 Å². The van der Waals surface area contributed by atoms with Crippen LogP contribution in [0.3, 0.4) is 0 Å². The van der Waals surface area contributed by atoms with Gasteiger partial charge in [-0.1, -0.05) is 23.8 Å². The number of para-hydroxylation sites is 1. The molecule has 7 heteroatoms. The summed E-state index contributed by atoms with van der Waals surface area (Å²) in [6.07, 6.45) is 3.18. The largest absolute Gasteiger partial charge is 0.489 e. The van der Waals surface area contributed by atoms with Crippen LogP contribution in [0.1, 0.15) is 31.3 Å². The second-order valence-corrected chi connectivity index (χ2v) is 9.95. The third kappa shape index (κ3) is 4.53. The monoisotopic (exact) mass is 430 g/mol. The molecule has 4 rings (SSSR count). The van der Waals surface area contributed by atoms with Gasteiger partial charge >= 0.3 is 0 Å². The summed E-state index contributed by atoms with van der Waals surface area (Å²) in [6, 6.07) is 13.0. The molecule has 3 heterocycles. The first-order valence-electron chi connectivity index (χ1n) is 10.1. The van der Waals surface area contributed by atoms with Crippen LogP contribution in [-0.2, 0) is 21.2 Å². The van der Waals surface area contributed by atoms with Crippen molar-refractivity contribution in [3.63, 3.8) is 0 Å². The summed E-state index contributed by atoms with van der Waals surface area (Å²) in [4.78, 5) is 0. The second-order valence-electron chi connectivity index (χ2n) is 7.77. The minimum Gasteiger partial charge on any atom is -0.489 e. The van der Waals surface area contributed by atoms with Gasteiger partial charge in [0, 0.05) is 0 Å². The molecule has 1 aromatic heterocycles. The van der Waals surface area contributed by atoms with Crippen LogP contribution >= 0.6 is 0 Å². The normalized spacial score (nSPS) is 23.1. The lowest BCUT2D eigenvalue weighted by Crippen LogP contribution is -2.19. The van der Waals surface area contributed by atoms with Crippen LogP contribution in [0.25, 0.3) is 6.08 Å². The Balaban J connectivity index is 1.45. The van der Waals surface area contributed by atoms with Gasteiger partial charge in [-0.3, -0.25) is 0 Å². The predicted octanol–water partition coefficient (Wildman–Crippen LogP) is 3.53. The summed E-state index contributed by atoms with van der Waals surface area (Å²) in [5, 5.41) is 8.56. The third-order valence-corrected chi connectivity index (χ3v) is 7.55. The minimum atomic E-state index is -3.23. The van der Waals surface area contributed by atoms with Crippen LogP contribution in [-0.4, -0.2) is 43.8 Å². The standard InChI is InChI=1S/C23H26O6S/c1-16(11-19-8-9-20(12-24)29-19)7-10-21-23-17(13-27-18-5-3-2-4-6-18)15-30(25,26)22(23)14-28-21/h2-6,8-9,11,21-22,24H,7,10,12-15H2,1H3/b16-11+/t21-,22+/m1/s1. The maximum atomic E-state index is 12.6. The van der Waals surface area contributed by atoms with Crippen molar-refractivity contribution in [3.8, 4) is 5.75 Å². The molecule has 2 aliphatic heterocycles. The number of hydrogen-bond donors (Lipinski definition) is 1. The Morgan fingerprint density at radius 1 is 1.23 bits per heavy atom. The van der Waals surface area contributed by atoms with Crippen molar-refractivity contribution < 1.29 is 27.4 Å². The van der Waals surface area contributed by atoms with Crippen molar-refractivity contribution in [3.05, 3.63) is 70.7 Å². The number of hydrogen-bond acceptors (Lipinski definition) is 6. The molecular weight excluding hydrogens is 404 g/mol. The highest BCUT2D eigenvalue weighted by atomic mass is 32.2. The molecule has 0 saturated carbocycles. The van der Waals surface area contributed by atoms with Crippen LogP contribution in [0, 0.1) is 0 Å². The highest BCUT2D eigenvalue weighted by Gasteiger charge is 2.46. The quantitative estimate of drug-likeness (QED) is 0.645. The molecule has 2 aromatic rings. The number of benzene rings is 1. The number of allylic oxidation sites excluding steroid dienone is 1. The lowest BCUT2D eigenvalue weighted by molar-refractivity contribution is 0.117. The van der Waals surface area contributed by atoms with Crippen LogP contribution in [0.15, 0.2) is 63.6 Å². The van der Waals surface area contributed by atoms with E-state index in [4.69, 9.17) is 19.0 Å². The van der Waals surface area contributed by atoms with E-state index in [0.29, 0.717) is 17.9 Å². The summed E-state index contributed by atoms with van der Waals surface area (Å²) in [5.74, 6) is 1.99. The Morgan fingerprint density at radius 2 is 2.03 bits per heavy atom. The van der Waals surface area contributed by atoms with Crippen LogP contribution in [0.5, 0.6) is 5.75 Å². The zero-order valence-corrected chi connectivity index (χ0v) is 17.7. The van der Waals surface area contributed by atoms with Gasteiger partial charge in [-0.05, 0) is 61.3 Å². The first kappa shape index (κ1) is 20.9. The van der Waals surface area contributed by atoms with E-state index >= 15 is 0 Å². The van der Waals surface area contributed by atoms with Crippen molar-refractivity contribution in [1.29, 1.82) is 0 Å². The maximum Gasteiger partial charge on any atom is 0.163 e. The molecule has 1 N–H and O–H groups in total. The molecule has 1 fully saturated rings. The van der Waals surface area contributed by atoms with Crippen LogP contribution in [0.2, 0.25) is 0 Å². The average Bonchev–Trinajstić information content (AvgIpc) is 3.42. The highest BCUT2D eigenvalue weighted by molar-refractivity contribution is 7.92. The Hall–Kier alpha value is -2.35. The fourth-order valence-corrected chi connectivity index (χ4v) is 5.98. The smallest absolute Gasteiger partial charge is 0.163 e. The Morgan fingerprint density at radius 3 is 2.77 bits per heavy atom. The van der Waals surface area contributed by atoms with Crippen molar-refractivity contribution in [2.45, 2.75) is 37.7 Å². The molecule has 2 aliphatic rings. The molecule has 0 spiro atoms. The number of sulfone groups is 1. The fraction of sp³-hybridized carbons (Fsp3) is 0.391. The topological polar surface area (TPSA) is 86.0 Å². The molecule has 0 unspecified atom stereocenters. The number of ether oxygens (including phenoxy) is 2. The minimum absolute atomic E-state index is 0.0465. The number of aliphatic hydroxyl groups is 1. The van der Waals surface area contributed by atoms with E-state index in [2.05, 4.69) is 0 Å². The van der Waals surface area contributed by atoms with Gasteiger partial charge in [-0.15, -0.1) is 0 Å². The van der Waals surface area contributed by atoms with Crippen molar-refractivity contribution in [2.24, 2.45) is 0 Å². The lowest BCUT2D eigenvalue weighted by atomic mass is 9.98. The number of rotatable bonds is 8. The highest BCUT2D eigenvalue weighted by Crippen LogP contribution is 2.38. The number of furan rings is 1. The molecule has 0 radical (unpaired) electrons. The first-order valence-corrected chi connectivity index (χ1v) is 11.8. The number of aliphatic hydroxyl groups excluding tert-OH is 1. The summed E-state index contributed by atoms with van der Waals surface area (Å²) in [6.45, 7) is 2.37. The van der Waals surface area contributed by atoms with Gasteiger partial charge in [0.25, 0.3) is 0 Å². The van der Waals surface area contributed by atoms with Crippen LogP contribution in [0.4, 0.5) is 0 Å². The third-order valence-electron chi connectivity index (χ3n) is 5.54. The second kappa shape index (κ2) is 8.79. The van der Waals surface area contributed by atoms with Gasteiger partial charge in [0.2, 0.25) is 0 Å². The van der Waals surface area contributed by atoms with E-state index in [1.807, 2.05) is 49.4 Å². The van der Waals surface area contributed by atoms with Crippen molar-refractivity contribution in [1.82, 2.24) is 0 Å². The molecule has 0 bridgehead atoms. The molecule has 160 valence electrons. The van der Waals surface area contributed by atoms with Crippen LogP contribution < -0.4 is 4.74 Å². The molecular formula is C23H26O6S. The Bertz CT molecular complexity index is 1050. The van der Waals surface area contributed by atoms with Gasteiger partial charge in [0.1, 0.15) is 35.7 Å². The molecule has 1 saturated heterocycles. The SMILES string of the molecule is C/C(=C\c1ccc(CO)o1)CC[C@H]1OC[C@H]2C1=C(COc1ccccc1)CS2(=O)=O. The summed E-state index contributed by atoms with van der Waals surface area (Å²) in [5.41, 5.74) is 2.82. The molecule has 1 aromatic carbocycles. The van der Waals surface area contributed by atoms with E-state index in [9.17, 15) is 8.42 Å². The predicted molar refractivity (Wildman–Crippen MR) is 114 cm³/mol. The zero-order valence-electron chi connectivity index (χ0n) is 16.9. The van der Waals surface area contributed by atoms with E-state index < -0.39 is 15.1 Å². The van der Waals surface area contributed by atoms with E-state index in [-0.39, 0.29) is 31.7 Å². The molecule has 2 atom stereocenters. The zero-order chi connectivity index (χ0) is 21.1. The Kier molecular flexibility index (Phi) is 6.13. The van der Waals surface area contributed by atoms with Crippen molar-refractivity contribution in [2.75, 3.05) is 19.0 Å². The fourth-order valence-electron chi connectivity index (χ4n) is 4.05. The number of fused-ring (bicyclic) bond motifs is 1. The lowest BCUT2D eigenvalue weighted by Gasteiger charge is -2.14. The van der Waals surface area contributed by atoms with E-state index in [1.54, 1.807) is 6.07 Å². The molecule has 30 heavy (non-hydrogen) atoms. The summed E-state index contributed by atoms with van der Waals surface area (Å²) < 4.78 is 42.4. The molecule has 0 amide bonds. The van der Waals surface area contributed by atoms with Gasteiger partial charge in [0.05, 0.1) is 18.5 Å². The van der Waals surface area contributed by atoms with Gasteiger partial charge in [0.15, 0.2) is 9.84 Å². The van der Waals surface area contributed by atoms with Gasteiger partial charge < -0.3 is 19.0 Å². The Labute approximate surface area is 176 Å². The average molecular weight is 431 g/mol. The van der Waals surface area contributed by atoms with Crippen molar-refractivity contribution >= 4 is 15.9 Å².